The molecule has 1 aromatic heterocycles. The molecule has 0 fully saturated rings. The van der Waals surface area contributed by atoms with E-state index in [1.807, 2.05) is 5.38 Å². The molecule has 0 bridgehead atoms. The number of alkyl halides is 3. The number of rotatable bonds is 7. The van der Waals surface area contributed by atoms with E-state index in [9.17, 15) is 8.78 Å². The van der Waals surface area contributed by atoms with Gasteiger partial charge in [-0.05, 0) is 0 Å². The van der Waals surface area contributed by atoms with Gasteiger partial charge in [-0.2, -0.15) is 0 Å². The molecular weight excluding hydrogens is 258 g/mol. The second-order valence-corrected chi connectivity index (χ2v) is 4.43. The zero-order valence-electron chi connectivity index (χ0n) is 8.57. The van der Waals surface area contributed by atoms with E-state index in [0.29, 0.717) is 12.4 Å². The monoisotopic (exact) mass is 270 g/mol. The van der Waals surface area contributed by atoms with Crippen molar-refractivity contribution < 1.29 is 13.9 Å². The Morgan fingerprint density at radius 2 is 2.31 bits per heavy atom. The quantitative estimate of drug-likeness (QED) is 0.770. The van der Waals surface area contributed by atoms with E-state index in [2.05, 4.69) is 4.98 Å². The van der Waals surface area contributed by atoms with Gasteiger partial charge in [0.25, 0.3) is 6.43 Å². The van der Waals surface area contributed by atoms with Gasteiger partial charge >= 0.3 is 0 Å². The third kappa shape index (κ3) is 4.69. The molecule has 0 saturated carbocycles. The SMILES string of the molecule is OCCN(Cc1nc(CCl)cs1)CC(F)F. The number of thiazole rings is 1. The van der Waals surface area contributed by atoms with Crippen LogP contribution in [0, 0.1) is 0 Å². The Balaban J connectivity index is 2.52. The molecule has 1 N–H and O–H groups in total. The number of aliphatic hydroxyl groups is 1. The molecule has 3 nitrogen and oxygen atoms in total. The minimum atomic E-state index is -2.40. The number of hydrogen-bond acceptors (Lipinski definition) is 4. The molecule has 1 aromatic rings. The third-order valence-corrected chi connectivity index (χ3v) is 3.06. The van der Waals surface area contributed by atoms with Crippen LogP contribution in [0.1, 0.15) is 10.7 Å². The lowest BCUT2D eigenvalue weighted by atomic mass is 10.4. The topological polar surface area (TPSA) is 36.4 Å². The summed E-state index contributed by atoms with van der Waals surface area (Å²) in [5, 5.41) is 11.3. The molecule has 0 aromatic carbocycles. The van der Waals surface area contributed by atoms with E-state index in [4.69, 9.17) is 16.7 Å². The van der Waals surface area contributed by atoms with Crippen LogP contribution >= 0.6 is 22.9 Å². The molecule has 0 aliphatic carbocycles. The van der Waals surface area contributed by atoms with Crippen LogP contribution in [0.2, 0.25) is 0 Å². The van der Waals surface area contributed by atoms with Gasteiger partial charge in [0.05, 0.1) is 31.3 Å². The number of aliphatic hydroxyl groups excluding tert-OH is 1. The molecule has 0 unspecified atom stereocenters. The molecular formula is C9H13ClF2N2OS. The fourth-order valence-corrected chi connectivity index (χ4v) is 2.31. The molecule has 0 spiro atoms. The number of halogens is 3. The number of aromatic nitrogens is 1. The Bertz CT molecular complexity index is 311. The number of hydrogen-bond donors (Lipinski definition) is 1. The van der Waals surface area contributed by atoms with E-state index < -0.39 is 6.43 Å². The molecule has 0 aliphatic heterocycles. The van der Waals surface area contributed by atoms with Crippen LogP contribution < -0.4 is 0 Å². The Labute approximate surface area is 102 Å². The van der Waals surface area contributed by atoms with Crippen molar-refractivity contribution in [2.24, 2.45) is 0 Å². The summed E-state index contributed by atoms with van der Waals surface area (Å²) in [6, 6.07) is 0. The van der Waals surface area contributed by atoms with Gasteiger partial charge in [0.2, 0.25) is 0 Å². The summed E-state index contributed by atoms with van der Waals surface area (Å²) < 4.78 is 24.4. The van der Waals surface area contributed by atoms with Crippen molar-refractivity contribution in [2.75, 3.05) is 19.7 Å². The van der Waals surface area contributed by atoms with Crippen LogP contribution in [0.15, 0.2) is 5.38 Å². The van der Waals surface area contributed by atoms with Crippen LogP contribution in [-0.2, 0) is 12.4 Å². The highest BCUT2D eigenvalue weighted by Crippen LogP contribution is 2.14. The van der Waals surface area contributed by atoms with Crippen molar-refractivity contribution in [3.63, 3.8) is 0 Å². The van der Waals surface area contributed by atoms with E-state index >= 15 is 0 Å². The van der Waals surface area contributed by atoms with Gasteiger partial charge in [0.1, 0.15) is 5.01 Å². The highest BCUT2D eigenvalue weighted by atomic mass is 35.5. The molecule has 0 aliphatic rings. The molecule has 0 radical (unpaired) electrons. The van der Waals surface area contributed by atoms with E-state index in [1.54, 1.807) is 0 Å². The van der Waals surface area contributed by atoms with Gasteiger partial charge in [0.15, 0.2) is 0 Å². The molecule has 0 amide bonds. The summed E-state index contributed by atoms with van der Waals surface area (Å²) in [4.78, 5) is 5.65. The van der Waals surface area contributed by atoms with Gasteiger partial charge in [-0.3, -0.25) is 4.90 Å². The summed E-state index contributed by atoms with van der Waals surface area (Å²) in [5.41, 5.74) is 0.752. The molecule has 0 atom stereocenters. The van der Waals surface area contributed by atoms with Crippen molar-refractivity contribution in [2.45, 2.75) is 18.9 Å². The average molecular weight is 271 g/mol. The summed E-state index contributed by atoms with van der Waals surface area (Å²) in [6.45, 7) is 0.0589. The van der Waals surface area contributed by atoms with Gasteiger partial charge < -0.3 is 5.11 Å². The fraction of sp³-hybridized carbons (Fsp3) is 0.667. The molecule has 1 rings (SSSR count). The minimum Gasteiger partial charge on any atom is -0.395 e. The maximum atomic E-state index is 12.2. The zero-order chi connectivity index (χ0) is 12.0. The first-order valence-corrected chi connectivity index (χ1v) is 6.17. The summed E-state index contributed by atoms with van der Waals surface area (Å²) >= 11 is 6.98. The predicted molar refractivity (Wildman–Crippen MR) is 60.0 cm³/mol. The Hall–Kier alpha value is -0.300. The largest absolute Gasteiger partial charge is 0.395 e. The smallest absolute Gasteiger partial charge is 0.251 e. The molecule has 0 saturated heterocycles. The Morgan fingerprint density at radius 1 is 1.56 bits per heavy atom. The van der Waals surface area contributed by atoms with E-state index in [0.717, 1.165) is 10.7 Å². The number of nitrogens with zero attached hydrogens (tertiary/aromatic N) is 2. The third-order valence-electron chi connectivity index (χ3n) is 1.91. The van der Waals surface area contributed by atoms with Crippen molar-refractivity contribution in [3.8, 4) is 0 Å². The van der Waals surface area contributed by atoms with Crippen LogP contribution in [0.3, 0.4) is 0 Å². The first-order chi connectivity index (χ1) is 7.65. The van der Waals surface area contributed by atoms with Gasteiger partial charge in [-0.15, -0.1) is 22.9 Å². The summed E-state index contributed by atoms with van der Waals surface area (Å²) in [7, 11) is 0. The van der Waals surface area contributed by atoms with E-state index in [1.165, 1.54) is 16.2 Å². The van der Waals surface area contributed by atoms with Crippen molar-refractivity contribution in [3.05, 3.63) is 16.1 Å². The highest BCUT2D eigenvalue weighted by Gasteiger charge is 2.13. The van der Waals surface area contributed by atoms with Crippen LogP contribution in [0.25, 0.3) is 0 Å². The van der Waals surface area contributed by atoms with Gasteiger partial charge in [0, 0.05) is 11.9 Å². The molecule has 1 heterocycles. The molecule has 7 heteroatoms. The summed E-state index contributed by atoms with van der Waals surface area (Å²) in [5.74, 6) is 0.325. The molecule has 16 heavy (non-hydrogen) atoms. The molecule has 92 valence electrons. The zero-order valence-corrected chi connectivity index (χ0v) is 10.1. The lowest BCUT2D eigenvalue weighted by molar-refractivity contribution is 0.0746. The minimum absolute atomic E-state index is 0.138. The van der Waals surface area contributed by atoms with Crippen molar-refractivity contribution in [1.29, 1.82) is 0 Å². The highest BCUT2D eigenvalue weighted by molar-refractivity contribution is 7.09. The lowest BCUT2D eigenvalue weighted by Gasteiger charge is -2.19. The van der Waals surface area contributed by atoms with Gasteiger partial charge in [-0.1, -0.05) is 0 Å². The van der Waals surface area contributed by atoms with Crippen LogP contribution in [-0.4, -0.2) is 41.1 Å². The Kier molecular flexibility index (Phi) is 6.12. The van der Waals surface area contributed by atoms with Crippen LogP contribution in [0.5, 0.6) is 0 Å². The normalized spacial score (nSPS) is 11.6. The fourth-order valence-electron chi connectivity index (χ4n) is 1.25. The average Bonchev–Trinajstić information content (AvgIpc) is 2.65. The van der Waals surface area contributed by atoms with E-state index in [-0.39, 0.29) is 19.7 Å². The van der Waals surface area contributed by atoms with Crippen LogP contribution in [0.4, 0.5) is 8.78 Å². The first-order valence-electron chi connectivity index (χ1n) is 4.76. The maximum Gasteiger partial charge on any atom is 0.251 e. The second-order valence-electron chi connectivity index (χ2n) is 3.22. The Morgan fingerprint density at radius 3 is 2.81 bits per heavy atom. The maximum absolute atomic E-state index is 12.2. The lowest BCUT2D eigenvalue weighted by Crippen LogP contribution is -2.31. The predicted octanol–water partition coefficient (Wildman–Crippen LogP) is 1.94. The first kappa shape index (κ1) is 13.8. The van der Waals surface area contributed by atoms with Gasteiger partial charge in [-0.25, -0.2) is 13.8 Å². The summed E-state index contributed by atoms with van der Waals surface area (Å²) in [6.07, 6.45) is -2.40. The second kappa shape index (κ2) is 7.11. The van der Waals surface area contributed by atoms with Crippen molar-refractivity contribution in [1.82, 2.24) is 9.88 Å². The standard InChI is InChI=1S/C9H13ClF2N2OS/c10-3-7-6-16-9(13-7)5-14(1-2-15)4-8(11)12/h6,8,15H,1-5H2. The van der Waals surface area contributed by atoms with Crippen molar-refractivity contribution >= 4 is 22.9 Å².